The molecule has 0 aromatic carbocycles. The highest BCUT2D eigenvalue weighted by atomic mass is 16.4. The van der Waals surface area contributed by atoms with E-state index in [-0.39, 0.29) is 0 Å². The van der Waals surface area contributed by atoms with Crippen molar-refractivity contribution >= 4 is 5.88 Å². The number of oxazole rings is 1. The SMILES string of the molecule is NCCC1CCCN1c1cnco1. The fourth-order valence-corrected chi connectivity index (χ4v) is 1.97. The zero-order valence-electron chi connectivity index (χ0n) is 7.65. The Morgan fingerprint density at radius 3 is 3.31 bits per heavy atom. The molecule has 1 saturated heterocycles. The Balaban J connectivity index is 2.05. The van der Waals surface area contributed by atoms with Crippen LogP contribution >= 0.6 is 0 Å². The van der Waals surface area contributed by atoms with Gasteiger partial charge >= 0.3 is 0 Å². The fraction of sp³-hybridized carbons (Fsp3) is 0.667. The normalized spacial score (nSPS) is 22.5. The van der Waals surface area contributed by atoms with E-state index in [9.17, 15) is 0 Å². The average Bonchev–Trinajstić information content (AvgIpc) is 2.71. The van der Waals surface area contributed by atoms with Crippen LogP contribution in [0, 0.1) is 0 Å². The lowest BCUT2D eigenvalue weighted by Crippen LogP contribution is -2.30. The van der Waals surface area contributed by atoms with Gasteiger partial charge < -0.3 is 15.1 Å². The quantitative estimate of drug-likeness (QED) is 0.755. The third kappa shape index (κ3) is 1.67. The molecule has 0 bridgehead atoms. The van der Waals surface area contributed by atoms with E-state index >= 15 is 0 Å². The molecule has 4 nitrogen and oxygen atoms in total. The molecule has 1 aliphatic heterocycles. The maximum atomic E-state index is 5.55. The molecule has 0 spiro atoms. The van der Waals surface area contributed by atoms with Gasteiger partial charge in [0.05, 0.1) is 6.20 Å². The maximum absolute atomic E-state index is 5.55. The third-order valence-corrected chi connectivity index (χ3v) is 2.58. The van der Waals surface area contributed by atoms with Gasteiger partial charge in [-0.15, -0.1) is 0 Å². The summed E-state index contributed by atoms with van der Waals surface area (Å²) >= 11 is 0. The Labute approximate surface area is 77.7 Å². The minimum absolute atomic E-state index is 0.554. The molecule has 0 amide bonds. The van der Waals surface area contributed by atoms with Crippen LogP contribution in [-0.2, 0) is 0 Å². The lowest BCUT2D eigenvalue weighted by atomic mass is 10.1. The molecule has 13 heavy (non-hydrogen) atoms. The van der Waals surface area contributed by atoms with Crippen LogP contribution in [0.3, 0.4) is 0 Å². The molecule has 2 N–H and O–H groups in total. The molecule has 1 aromatic heterocycles. The van der Waals surface area contributed by atoms with Gasteiger partial charge in [0.25, 0.3) is 0 Å². The molecule has 2 heterocycles. The molecule has 1 unspecified atom stereocenters. The predicted molar refractivity (Wildman–Crippen MR) is 50.5 cm³/mol. The molecule has 0 aliphatic carbocycles. The van der Waals surface area contributed by atoms with Crippen molar-refractivity contribution in [2.24, 2.45) is 5.73 Å². The van der Waals surface area contributed by atoms with Crippen molar-refractivity contribution in [3.63, 3.8) is 0 Å². The van der Waals surface area contributed by atoms with Gasteiger partial charge in [0.15, 0.2) is 6.39 Å². The summed E-state index contributed by atoms with van der Waals surface area (Å²) in [6.45, 7) is 1.81. The molecule has 0 radical (unpaired) electrons. The lowest BCUT2D eigenvalue weighted by molar-refractivity contribution is 0.516. The van der Waals surface area contributed by atoms with Gasteiger partial charge in [0.2, 0.25) is 5.88 Å². The van der Waals surface area contributed by atoms with Crippen LogP contribution < -0.4 is 10.6 Å². The Morgan fingerprint density at radius 1 is 1.69 bits per heavy atom. The van der Waals surface area contributed by atoms with E-state index in [0.29, 0.717) is 6.04 Å². The van der Waals surface area contributed by atoms with Crippen LogP contribution in [0.25, 0.3) is 0 Å². The molecule has 1 aromatic rings. The summed E-state index contributed by atoms with van der Waals surface area (Å²) in [6.07, 6.45) is 6.74. The maximum Gasteiger partial charge on any atom is 0.216 e. The van der Waals surface area contributed by atoms with Crippen molar-refractivity contribution in [2.45, 2.75) is 25.3 Å². The Kier molecular flexibility index (Phi) is 2.49. The minimum Gasteiger partial charge on any atom is -0.428 e. The standard InChI is InChI=1S/C9H15N3O/c10-4-3-8-2-1-5-12(8)9-6-11-7-13-9/h6-8H,1-5,10H2. The number of aromatic nitrogens is 1. The predicted octanol–water partition coefficient (Wildman–Crippen LogP) is 0.992. The van der Waals surface area contributed by atoms with E-state index < -0.39 is 0 Å². The molecular weight excluding hydrogens is 166 g/mol. The summed E-state index contributed by atoms with van der Waals surface area (Å²) in [6, 6.07) is 0.554. The Hall–Kier alpha value is -1.03. The molecule has 2 rings (SSSR count). The fourth-order valence-electron chi connectivity index (χ4n) is 1.97. The van der Waals surface area contributed by atoms with E-state index in [1.165, 1.54) is 19.2 Å². The van der Waals surface area contributed by atoms with Crippen molar-refractivity contribution in [3.05, 3.63) is 12.6 Å². The van der Waals surface area contributed by atoms with E-state index in [4.69, 9.17) is 10.2 Å². The molecular formula is C9H15N3O. The lowest BCUT2D eigenvalue weighted by Gasteiger charge is -2.22. The van der Waals surface area contributed by atoms with Crippen molar-refractivity contribution < 1.29 is 4.42 Å². The molecule has 72 valence electrons. The average molecular weight is 181 g/mol. The van der Waals surface area contributed by atoms with Crippen molar-refractivity contribution in [3.8, 4) is 0 Å². The first kappa shape index (κ1) is 8.56. The summed E-state index contributed by atoms with van der Waals surface area (Å²) in [5.74, 6) is 0.885. The van der Waals surface area contributed by atoms with E-state index in [1.54, 1.807) is 6.20 Å². The summed E-state index contributed by atoms with van der Waals surface area (Å²) in [4.78, 5) is 6.19. The van der Waals surface area contributed by atoms with Gasteiger partial charge in [-0.3, -0.25) is 0 Å². The van der Waals surface area contributed by atoms with Gasteiger partial charge in [-0.1, -0.05) is 0 Å². The van der Waals surface area contributed by atoms with Crippen LogP contribution in [-0.4, -0.2) is 24.1 Å². The van der Waals surface area contributed by atoms with Crippen molar-refractivity contribution in [1.82, 2.24) is 4.98 Å². The Morgan fingerprint density at radius 2 is 2.62 bits per heavy atom. The van der Waals surface area contributed by atoms with E-state index in [1.807, 2.05) is 0 Å². The van der Waals surface area contributed by atoms with Gasteiger partial charge in [-0.25, -0.2) is 4.98 Å². The summed E-state index contributed by atoms with van der Waals surface area (Å²) < 4.78 is 5.27. The number of anilines is 1. The highest BCUT2D eigenvalue weighted by molar-refractivity contribution is 5.34. The summed E-state index contributed by atoms with van der Waals surface area (Å²) in [5, 5.41) is 0. The van der Waals surface area contributed by atoms with Crippen LogP contribution in [0.1, 0.15) is 19.3 Å². The molecule has 0 saturated carbocycles. The number of rotatable bonds is 3. The Bertz CT molecular complexity index is 247. The highest BCUT2D eigenvalue weighted by Gasteiger charge is 2.25. The minimum atomic E-state index is 0.554. The van der Waals surface area contributed by atoms with Gasteiger partial charge in [0.1, 0.15) is 0 Å². The van der Waals surface area contributed by atoms with Crippen molar-refractivity contribution in [2.75, 3.05) is 18.0 Å². The highest BCUT2D eigenvalue weighted by Crippen LogP contribution is 2.26. The molecule has 1 aliphatic rings. The topological polar surface area (TPSA) is 55.3 Å². The second kappa shape index (κ2) is 3.79. The van der Waals surface area contributed by atoms with E-state index in [2.05, 4.69) is 9.88 Å². The smallest absolute Gasteiger partial charge is 0.216 e. The number of hydrogen-bond donors (Lipinski definition) is 1. The first-order valence-electron chi connectivity index (χ1n) is 4.77. The zero-order chi connectivity index (χ0) is 9.10. The number of hydrogen-bond acceptors (Lipinski definition) is 4. The third-order valence-electron chi connectivity index (χ3n) is 2.58. The first-order chi connectivity index (χ1) is 6.42. The summed E-state index contributed by atoms with van der Waals surface area (Å²) in [7, 11) is 0. The van der Waals surface area contributed by atoms with Gasteiger partial charge in [-0.2, -0.15) is 0 Å². The molecule has 1 fully saturated rings. The van der Waals surface area contributed by atoms with E-state index in [0.717, 1.165) is 25.4 Å². The van der Waals surface area contributed by atoms with Crippen LogP contribution in [0.2, 0.25) is 0 Å². The molecule has 1 atom stereocenters. The second-order valence-corrected chi connectivity index (χ2v) is 3.41. The van der Waals surface area contributed by atoms with Crippen LogP contribution in [0.15, 0.2) is 17.0 Å². The summed E-state index contributed by atoms with van der Waals surface area (Å²) in [5.41, 5.74) is 5.55. The molecule has 4 heteroatoms. The second-order valence-electron chi connectivity index (χ2n) is 3.41. The van der Waals surface area contributed by atoms with Gasteiger partial charge in [0, 0.05) is 12.6 Å². The zero-order valence-corrected chi connectivity index (χ0v) is 7.65. The largest absolute Gasteiger partial charge is 0.428 e. The number of nitrogens with two attached hydrogens (primary N) is 1. The van der Waals surface area contributed by atoms with Crippen molar-refractivity contribution in [1.29, 1.82) is 0 Å². The van der Waals surface area contributed by atoms with Gasteiger partial charge in [-0.05, 0) is 25.8 Å². The number of nitrogens with zero attached hydrogens (tertiary/aromatic N) is 2. The first-order valence-corrected chi connectivity index (χ1v) is 4.77. The van der Waals surface area contributed by atoms with Crippen LogP contribution in [0.5, 0.6) is 0 Å². The van der Waals surface area contributed by atoms with Crippen LogP contribution in [0.4, 0.5) is 5.88 Å². The monoisotopic (exact) mass is 181 g/mol.